The maximum absolute atomic E-state index is 9.20. The lowest BCUT2D eigenvalue weighted by Crippen LogP contribution is -2.34. The van der Waals surface area contributed by atoms with E-state index in [-0.39, 0.29) is 12.0 Å². The molecule has 0 fully saturated rings. The van der Waals surface area contributed by atoms with Crippen molar-refractivity contribution >= 4 is 0 Å². The predicted octanol–water partition coefficient (Wildman–Crippen LogP) is 1.70. The van der Waals surface area contributed by atoms with Gasteiger partial charge in [-0.1, -0.05) is 20.1 Å². The standard InChI is InChI=1S/C10H18O3/c1-4-10(7-11,8-12-5-2)9-13-6-3/h5-6,11H,2-4,7-9H2,1H3. The van der Waals surface area contributed by atoms with E-state index in [1.807, 2.05) is 6.92 Å². The number of aliphatic hydroxyl groups excluding tert-OH is 1. The normalized spacial score (nSPS) is 10.6. The zero-order valence-electron chi connectivity index (χ0n) is 8.16. The molecule has 3 heteroatoms. The largest absolute Gasteiger partial charge is 0.501 e. The van der Waals surface area contributed by atoms with Gasteiger partial charge in [-0.3, -0.25) is 0 Å². The Morgan fingerprint density at radius 2 is 1.69 bits per heavy atom. The molecular weight excluding hydrogens is 168 g/mol. The minimum atomic E-state index is -0.345. The molecule has 0 aromatic heterocycles. The van der Waals surface area contributed by atoms with Gasteiger partial charge >= 0.3 is 0 Å². The Bertz CT molecular complexity index is 136. The predicted molar refractivity (Wildman–Crippen MR) is 52.1 cm³/mol. The molecule has 0 amide bonds. The first kappa shape index (κ1) is 12.0. The Balaban J connectivity index is 4.11. The molecule has 0 aliphatic rings. The summed E-state index contributed by atoms with van der Waals surface area (Å²) in [6.45, 7) is 9.74. The van der Waals surface area contributed by atoms with E-state index in [9.17, 15) is 5.11 Å². The average molecular weight is 186 g/mol. The minimum Gasteiger partial charge on any atom is -0.501 e. The molecule has 0 rings (SSSR count). The van der Waals surface area contributed by atoms with E-state index < -0.39 is 0 Å². The highest BCUT2D eigenvalue weighted by atomic mass is 16.5. The molecule has 0 saturated carbocycles. The summed E-state index contributed by atoms with van der Waals surface area (Å²) in [5, 5.41) is 9.20. The SMILES string of the molecule is C=COCC(CC)(CO)COC=C. The summed E-state index contributed by atoms with van der Waals surface area (Å²) in [6, 6.07) is 0. The Morgan fingerprint density at radius 3 is 1.92 bits per heavy atom. The van der Waals surface area contributed by atoms with Crippen LogP contribution in [0, 0.1) is 5.41 Å². The highest BCUT2D eigenvalue weighted by Crippen LogP contribution is 2.22. The Hall–Kier alpha value is -0.960. The van der Waals surface area contributed by atoms with Crippen molar-refractivity contribution in [2.24, 2.45) is 5.41 Å². The van der Waals surface area contributed by atoms with Crippen molar-refractivity contribution < 1.29 is 14.6 Å². The monoisotopic (exact) mass is 186 g/mol. The maximum Gasteiger partial charge on any atom is 0.0983 e. The van der Waals surface area contributed by atoms with Crippen LogP contribution in [-0.4, -0.2) is 24.9 Å². The van der Waals surface area contributed by atoms with Crippen LogP contribution in [0.2, 0.25) is 0 Å². The molecule has 76 valence electrons. The summed E-state index contributed by atoms with van der Waals surface area (Å²) < 4.78 is 10.1. The fraction of sp³-hybridized carbons (Fsp3) is 0.600. The summed E-state index contributed by atoms with van der Waals surface area (Å²) in [4.78, 5) is 0. The molecule has 0 aliphatic heterocycles. The first-order chi connectivity index (χ1) is 6.24. The summed E-state index contributed by atoms with van der Waals surface area (Å²) in [6.07, 6.45) is 3.52. The van der Waals surface area contributed by atoms with Gasteiger partial charge in [0.2, 0.25) is 0 Å². The van der Waals surface area contributed by atoms with Gasteiger partial charge in [0.15, 0.2) is 0 Å². The van der Waals surface area contributed by atoms with E-state index in [1.54, 1.807) is 0 Å². The molecule has 13 heavy (non-hydrogen) atoms. The highest BCUT2D eigenvalue weighted by molar-refractivity contribution is 4.78. The fourth-order valence-electron chi connectivity index (χ4n) is 0.920. The van der Waals surface area contributed by atoms with Crippen LogP contribution in [0.15, 0.2) is 25.7 Å². The first-order valence-electron chi connectivity index (χ1n) is 4.30. The summed E-state index contributed by atoms with van der Waals surface area (Å²) in [5.41, 5.74) is -0.345. The first-order valence-corrected chi connectivity index (χ1v) is 4.30. The molecule has 0 radical (unpaired) electrons. The Morgan fingerprint density at radius 1 is 1.23 bits per heavy atom. The maximum atomic E-state index is 9.20. The van der Waals surface area contributed by atoms with Crippen molar-refractivity contribution in [3.8, 4) is 0 Å². The fourth-order valence-corrected chi connectivity index (χ4v) is 0.920. The molecule has 0 saturated heterocycles. The number of aliphatic hydroxyl groups is 1. The Labute approximate surface area is 79.7 Å². The van der Waals surface area contributed by atoms with Crippen LogP contribution >= 0.6 is 0 Å². The third kappa shape index (κ3) is 3.99. The molecule has 1 N–H and O–H groups in total. The van der Waals surface area contributed by atoms with Gasteiger partial charge in [-0.25, -0.2) is 0 Å². The van der Waals surface area contributed by atoms with Gasteiger partial charge in [0.1, 0.15) is 0 Å². The smallest absolute Gasteiger partial charge is 0.0983 e. The van der Waals surface area contributed by atoms with Crippen molar-refractivity contribution in [3.63, 3.8) is 0 Å². The minimum absolute atomic E-state index is 0.0329. The van der Waals surface area contributed by atoms with Crippen molar-refractivity contribution in [1.82, 2.24) is 0 Å². The van der Waals surface area contributed by atoms with Crippen LogP contribution < -0.4 is 0 Å². The number of hydrogen-bond donors (Lipinski definition) is 1. The zero-order chi connectivity index (χ0) is 10.2. The molecule has 0 aromatic carbocycles. The number of ether oxygens (including phenoxy) is 2. The average Bonchev–Trinajstić information content (AvgIpc) is 2.20. The third-order valence-electron chi connectivity index (χ3n) is 2.10. The second kappa shape index (κ2) is 6.54. The lowest BCUT2D eigenvalue weighted by Gasteiger charge is -2.28. The van der Waals surface area contributed by atoms with Crippen molar-refractivity contribution in [2.75, 3.05) is 19.8 Å². The van der Waals surface area contributed by atoms with Gasteiger partial charge < -0.3 is 14.6 Å². The molecule has 0 aromatic rings. The van der Waals surface area contributed by atoms with Crippen molar-refractivity contribution in [1.29, 1.82) is 0 Å². The lowest BCUT2D eigenvalue weighted by molar-refractivity contribution is -0.00723. The van der Waals surface area contributed by atoms with Gasteiger partial charge in [0.05, 0.1) is 37.8 Å². The van der Waals surface area contributed by atoms with E-state index >= 15 is 0 Å². The second-order valence-electron chi connectivity index (χ2n) is 2.97. The molecule has 0 aliphatic carbocycles. The van der Waals surface area contributed by atoms with Crippen molar-refractivity contribution in [2.45, 2.75) is 13.3 Å². The van der Waals surface area contributed by atoms with Crippen LogP contribution in [-0.2, 0) is 9.47 Å². The number of hydrogen-bond acceptors (Lipinski definition) is 3. The topological polar surface area (TPSA) is 38.7 Å². The van der Waals surface area contributed by atoms with Crippen molar-refractivity contribution in [3.05, 3.63) is 25.7 Å². The molecule has 3 nitrogen and oxygen atoms in total. The van der Waals surface area contributed by atoms with Crippen LogP contribution in [0.1, 0.15) is 13.3 Å². The van der Waals surface area contributed by atoms with Gasteiger partial charge in [0.25, 0.3) is 0 Å². The molecular formula is C10H18O3. The van der Waals surface area contributed by atoms with Gasteiger partial charge in [0, 0.05) is 0 Å². The molecule has 0 bridgehead atoms. The van der Waals surface area contributed by atoms with Crippen LogP contribution in [0.3, 0.4) is 0 Å². The van der Waals surface area contributed by atoms with Crippen LogP contribution in [0.5, 0.6) is 0 Å². The summed E-state index contributed by atoms with van der Waals surface area (Å²) in [7, 11) is 0. The summed E-state index contributed by atoms with van der Waals surface area (Å²) >= 11 is 0. The summed E-state index contributed by atoms with van der Waals surface area (Å²) in [5.74, 6) is 0. The highest BCUT2D eigenvalue weighted by Gasteiger charge is 2.28. The van der Waals surface area contributed by atoms with E-state index in [1.165, 1.54) is 12.5 Å². The van der Waals surface area contributed by atoms with E-state index in [0.717, 1.165) is 6.42 Å². The van der Waals surface area contributed by atoms with E-state index in [0.29, 0.717) is 13.2 Å². The van der Waals surface area contributed by atoms with Gasteiger partial charge in [-0.15, -0.1) is 0 Å². The second-order valence-corrected chi connectivity index (χ2v) is 2.97. The molecule has 0 unspecified atom stereocenters. The Kier molecular flexibility index (Phi) is 6.06. The molecule has 0 heterocycles. The quantitative estimate of drug-likeness (QED) is 0.586. The molecule has 0 spiro atoms. The van der Waals surface area contributed by atoms with E-state index in [4.69, 9.17) is 9.47 Å². The lowest BCUT2D eigenvalue weighted by atomic mass is 9.88. The number of rotatable bonds is 8. The van der Waals surface area contributed by atoms with Gasteiger partial charge in [-0.05, 0) is 6.42 Å². The third-order valence-corrected chi connectivity index (χ3v) is 2.10. The zero-order valence-corrected chi connectivity index (χ0v) is 8.16. The molecule has 0 atom stereocenters. The van der Waals surface area contributed by atoms with E-state index in [2.05, 4.69) is 13.2 Å². The van der Waals surface area contributed by atoms with Crippen LogP contribution in [0.4, 0.5) is 0 Å². The van der Waals surface area contributed by atoms with Gasteiger partial charge in [-0.2, -0.15) is 0 Å². The van der Waals surface area contributed by atoms with Crippen LogP contribution in [0.25, 0.3) is 0 Å².